The molecular weight excluding hydrogens is 500 g/mol. The molecule has 40 heavy (non-hydrogen) atoms. The van der Waals surface area contributed by atoms with Crippen LogP contribution in [0.4, 0.5) is 0 Å². The second-order valence-corrected chi connectivity index (χ2v) is 9.94. The Morgan fingerprint density at radius 2 is 1.30 bits per heavy atom. The minimum Gasteiger partial charge on any atom is -0.497 e. The van der Waals surface area contributed by atoms with Crippen LogP contribution in [0.25, 0.3) is 6.08 Å². The van der Waals surface area contributed by atoms with Crippen molar-refractivity contribution < 1.29 is 23.8 Å². The van der Waals surface area contributed by atoms with Gasteiger partial charge in [0.1, 0.15) is 17.2 Å². The summed E-state index contributed by atoms with van der Waals surface area (Å²) in [4.78, 5) is 25.2. The maximum atomic E-state index is 12.7. The summed E-state index contributed by atoms with van der Waals surface area (Å²) in [5, 5.41) is 0. The molecule has 3 rings (SSSR count). The van der Waals surface area contributed by atoms with E-state index in [4.69, 9.17) is 14.2 Å². The summed E-state index contributed by atoms with van der Waals surface area (Å²) in [6.07, 6.45) is 16.3. The molecule has 0 unspecified atom stereocenters. The standard InChI is InChI=1S/C35H42O5/c1-3-4-5-6-7-8-9-10-11-12-26-39-32-21-16-28(17-22-32)18-25-34(36)30-14-13-15-33(27-30)40-35(37)29-19-23-31(38-2)24-20-29/h13-25,27H,3-12,26H2,1-2H3/b25-18+. The predicted molar refractivity (Wildman–Crippen MR) is 162 cm³/mol. The molecule has 0 aliphatic carbocycles. The molecule has 0 amide bonds. The average Bonchev–Trinajstić information content (AvgIpc) is 2.99. The maximum Gasteiger partial charge on any atom is 0.343 e. The third-order valence-corrected chi connectivity index (χ3v) is 6.73. The van der Waals surface area contributed by atoms with E-state index < -0.39 is 5.97 Å². The summed E-state index contributed by atoms with van der Waals surface area (Å²) < 4.78 is 16.4. The highest BCUT2D eigenvalue weighted by molar-refractivity contribution is 6.07. The predicted octanol–water partition coefficient (Wildman–Crippen LogP) is 9.11. The first-order valence-corrected chi connectivity index (χ1v) is 14.5. The van der Waals surface area contributed by atoms with Crippen molar-refractivity contribution in [2.75, 3.05) is 13.7 Å². The fourth-order valence-corrected chi connectivity index (χ4v) is 4.33. The molecule has 0 aromatic heterocycles. The molecule has 212 valence electrons. The van der Waals surface area contributed by atoms with Crippen molar-refractivity contribution >= 4 is 17.8 Å². The van der Waals surface area contributed by atoms with Crippen molar-refractivity contribution in [2.24, 2.45) is 0 Å². The van der Waals surface area contributed by atoms with E-state index in [0.717, 1.165) is 24.3 Å². The van der Waals surface area contributed by atoms with Gasteiger partial charge in [0.05, 0.1) is 19.3 Å². The van der Waals surface area contributed by atoms with Gasteiger partial charge in [0.15, 0.2) is 5.78 Å². The Labute approximate surface area is 239 Å². The Balaban J connectivity index is 1.38. The fourth-order valence-electron chi connectivity index (χ4n) is 4.33. The van der Waals surface area contributed by atoms with Crippen LogP contribution in [0.1, 0.15) is 97.4 Å². The third kappa shape index (κ3) is 11.1. The van der Waals surface area contributed by atoms with E-state index in [0.29, 0.717) is 22.6 Å². The molecule has 3 aromatic carbocycles. The molecule has 5 nitrogen and oxygen atoms in total. The molecule has 0 saturated heterocycles. The zero-order valence-corrected chi connectivity index (χ0v) is 23.9. The van der Waals surface area contributed by atoms with Gasteiger partial charge in [0.2, 0.25) is 0 Å². The van der Waals surface area contributed by atoms with Crippen LogP contribution < -0.4 is 14.2 Å². The van der Waals surface area contributed by atoms with Gasteiger partial charge in [-0.2, -0.15) is 0 Å². The van der Waals surface area contributed by atoms with Gasteiger partial charge < -0.3 is 14.2 Å². The number of esters is 1. The first kappa shape index (κ1) is 30.7. The molecule has 3 aromatic rings. The van der Waals surface area contributed by atoms with Crippen molar-refractivity contribution in [3.8, 4) is 17.2 Å². The van der Waals surface area contributed by atoms with Crippen molar-refractivity contribution in [1.29, 1.82) is 0 Å². The van der Waals surface area contributed by atoms with Crippen molar-refractivity contribution in [1.82, 2.24) is 0 Å². The van der Waals surface area contributed by atoms with E-state index in [1.54, 1.807) is 61.7 Å². The lowest BCUT2D eigenvalue weighted by Crippen LogP contribution is -2.08. The van der Waals surface area contributed by atoms with Gasteiger partial charge in [-0.3, -0.25) is 4.79 Å². The molecule has 0 atom stereocenters. The SMILES string of the molecule is CCCCCCCCCCCCOc1ccc(/C=C/C(=O)c2cccc(OC(=O)c3ccc(OC)cc3)c2)cc1. The number of methoxy groups -OCH3 is 1. The van der Waals surface area contributed by atoms with Gasteiger partial charge in [-0.05, 0) is 66.6 Å². The van der Waals surface area contributed by atoms with Crippen LogP contribution in [0.5, 0.6) is 17.2 Å². The van der Waals surface area contributed by atoms with E-state index in [-0.39, 0.29) is 5.78 Å². The van der Waals surface area contributed by atoms with Gasteiger partial charge in [-0.25, -0.2) is 4.79 Å². The van der Waals surface area contributed by atoms with Gasteiger partial charge in [0, 0.05) is 5.56 Å². The lowest BCUT2D eigenvalue weighted by Gasteiger charge is -2.07. The molecule has 0 N–H and O–H groups in total. The number of ketones is 1. The number of benzene rings is 3. The minimum atomic E-state index is -0.502. The Bertz CT molecular complexity index is 1200. The maximum absolute atomic E-state index is 12.7. The summed E-state index contributed by atoms with van der Waals surface area (Å²) in [6, 6.07) is 21.0. The van der Waals surface area contributed by atoms with E-state index in [1.165, 1.54) is 63.9 Å². The van der Waals surface area contributed by atoms with Crippen LogP contribution >= 0.6 is 0 Å². The molecule has 0 saturated carbocycles. The number of carbonyl (C=O) groups is 2. The highest BCUT2D eigenvalue weighted by Crippen LogP contribution is 2.19. The topological polar surface area (TPSA) is 61.8 Å². The molecule has 0 aliphatic rings. The quantitative estimate of drug-likeness (QED) is 0.0527. The summed E-state index contributed by atoms with van der Waals surface area (Å²) in [5.74, 6) is 1.12. The van der Waals surface area contributed by atoms with Gasteiger partial charge in [-0.1, -0.05) is 95.1 Å². The van der Waals surface area contributed by atoms with E-state index in [2.05, 4.69) is 6.92 Å². The Morgan fingerprint density at radius 1 is 0.675 bits per heavy atom. The Morgan fingerprint density at radius 3 is 1.95 bits per heavy atom. The number of carbonyl (C=O) groups excluding carboxylic acids is 2. The third-order valence-electron chi connectivity index (χ3n) is 6.73. The first-order valence-electron chi connectivity index (χ1n) is 14.5. The zero-order valence-electron chi connectivity index (χ0n) is 23.9. The summed E-state index contributed by atoms with van der Waals surface area (Å²) in [5.41, 5.74) is 1.74. The van der Waals surface area contributed by atoms with E-state index in [1.807, 2.05) is 24.3 Å². The highest BCUT2D eigenvalue weighted by Gasteiger charge is 2.10. The fraction of sp³-hybridized carbons (Fsp3) is 0.371. The lowest BCUT2D eigenvalue weighted by molar-refractivity contribution is 0.0734. The summed E-state index contributed by atoms with van der Waals surface area (Å²) in [7, 11) is 1.56. The zero-order chi connectivity index (χ0) is 28.4. The van der Waals surface area contributed by atoms with E-state index >= 15 is 0 Å². The molecule has 0 aliphatic heterocycles. The summed E-state index contributed by atoms with van der Waals surface area (Å²) in [6.45, 7) is 2.98. The van der Waals surface area contributed by atoms with E-state index in [9.17, 15) is 9.59 Å². The van der Waals surface area contributed by atoms with Gasteiger partial charge in [-0.15, -0.1) is 0 Å². The van der Waals surface area contributed by atoms with Crippen molar-refractivity contribution in [3.05, 3.63) is 95.6 Å². The molecule has 5 heteroatoms. The normalized spacial score (nSPS) is 10.9. The molecular formula is C35H42O5. The highest BCUT2D eigenvalue weighted by atomic mass is 16.5. The Hall–Kier alpha value is -3.86. The van der Waals surface area contributed by atoms with Crippen molar-refractivity contribution in [3.63, 3.8) is 0 Å². The Kier molecular flexibility index (Phi) is 13.6. The minimum absolute atomic E-state index is 0.177. The van der Waals surface area contributed by atoms with Gasteiger partial charge in [0.25, 0.3) is 0 Å². The molecule has 0 fully saturated rings. The molecule has 0 bridgehead atoms. The number of hydrogen-bond acceptors (Lipinski definition) is 5. The van der Waals surface area contributed by atoms with Crippen LogP contribution in [-0.2, 0) is 0 Å². The average molecular weight is 543 g/mol. The molecule has 0 radical (unpaired) electrons. The smallest absolute Gasteiger partial charge is 0.343 e. The van der Waals surface area contributed by atoms with Crippen LogP contribution in [0.15, 0.2) is 78.9 Å². The van der Waals surface area contributed by atoms with Crippen LogP contribution in [-0.4, -0.2) is 25.5 Å². The second kappa shape index (κ2) is 17.7. The molecule has 0 heterocycles. The summed E-state index contributed by atoms with van der Waals surface area (Å²) >= 11 is 0. The number of rotatable bonds is 18. The number of hydrogen-bond donors (Lipinski definition) is 0. The number of unbranched alkanes of at least 4 members (excludes halogenated alkanes) is 9. The van der Waals surface area contributed by atoms with Crippen molar-refractivity contribution in [2.45, 2.75) is 71.1 Å². The number of ether oxygens (including phenoxy) is 3. The lowest BCUT2D eigenvalue weighted by atomic mass is 10.1. The van der Waals surface area contributed by atoms with Gasteiger partial charge >= 0.3 is 5.97 Å². The first-order chi connectivity index (χ1) is 19.6. The monoisotopic (exact) mass is 542 g/mol. The van der Waals surface area contributed by atoms with Crippen LogP contribution in [0.2, 0.25) is 0 Å². The second-order valence-electron chi connectivity index (χ2n) is 9.94. The largest absolute Gasteiger partial charge is 0.497 e. The van der Waals surface area contributed by atoms with Crippen LogP contribution in [0, 0.1) is 0 Å². The molecule has 0 spiro atoms. The number of allylic oxidation sites excluding steroid dienone is 1. The van der Waals surface area contributed by atoms with Crippen LogP contribution in [0.3, 0.4) is 0 Å².